The molecular weight excluding hydrogens is 192 g/mol. The molecule has 2 nitrogen and oxygen atoms in total. The third-order valence-corrected chi connectivity index (χ3v) is 3.84. The van der Waals surface area contributed by atoms with Gasteiger partial charge in [-0.1, -0.05) is 13.8 Å². The van der Waals surface area contributed by atoms with E-state index in [4.69, 9.17) is 0 Å². The highest BCUT2D eigenvalue weighted by atomic mass is 32.2. The van der Waals surface area contributed by atoms with Crippen LogP contribution in [-0.4, -0.2) is 18.5 Å². The van der Waals surface area contributed by atoms with Crippen molar-refractivity contribution in [1.29, 1.82) is 0 Å². The molecule has 0 aromatic carbocycles. The number of rotatable bonds is 1. The van der Waals surface area contributed by atoms with Crippen molar-refractivity contribution in [3.05, 3.63) is 11.1 Å². The molecule has 2 heterocycles. The summed E-state index contributed by atoms with van der Waals surface area (Å²) in [5.74, 6) is 0.866. The second-order valence-corrected chi connectivity index (χ2v) is 4.94. The van der Waals surface area contributed by atoms with Crippen LogP contribution in [0.1, 0.15) is 33.6 Å². The zero-order chi connectivity index (χ0) is 10.4. The molecule has 0 spiro atoms. The van der Waals surface area contributed by atoms with Crippen LogP contribution in [0.25, 0.3) is 0 Å². The predicted octanol–water partition coefficient (Wildman–Crippen LogP) is 2.54. The van der Waals surface area contributed by atoms with Crippen LogP contribution >= 0.6 is 11.8 Å². The van der Waals surface area contributed by atoms with Gasteiger partial charge >= 0.3 is 0 Å². The van der Waals surface area contributed by atoms with Crippen LogP contribution in [-0.2, 0) is 0 Å². The van der Waals surface area contributed by atoms with Crippen LogP contribution in [0.4, 0.5) is 0 Å². The maximum atomic E-state index is 3.45. The van der Waals surface area contributed by atoms with E-state index in [9.17, 15) is 0 Å². The highest BCUT2D eigenvalue weighted by Crippen LogP contribution is 2.33. The summed E-state index contributed by atoms with van der Waals surface area (Å²) >= 11 is 1.99. The summed E-state index contributed by atoms with van der Waals surface area (Å²) < 4.78 is 0. The van der Waals surface area contributed by atoms with E-state index in [0.29, 0.717) is 5.37 Å². The fraction of sp³-hybridized carbons (Fsp3) is 0.818. The Morgan fingerprint density at radius 3 is 2.43 bits per heavy atom. The predicted molar refractivity (Wildman–Crippen MR) is 65.2 cm³/mol. The Labute approximate surface area is 91.9 Å². The summed E-state index contributed by atoms with van der Waals surface area (Å²) in [6.07, 6.45) is 4.80. The summed E-state index contributed by atoms with van der Waals surface area (Å²) in [6.45, 7) is 8.57. The van der Waals surface area contributed by atoms with Gasteiger partial charge in [0.25, 0.3) is 0 Å². The van der Waals surface area contributed by atoms with Crippen molar-refractivity contribution in [3.63, 3.8) is 0 Å². The molecule has 2 N–H and O–H groups in total. The summed E-state index contributed by atoms with van der Waals surface area (Å²) in [7, 11) is 0. The number of hydrogen-bond donors (Lipinski definition) is 2. The van der Waals surface area contributed by atoms with Crippen LogP contribution in [0, 0.1) is 5.92 Å². The van der Waals surface area contributed by atoms with E-state index in [1.165, 1.54) is 30.8 Å². The lowest BCUT2D eigenvalue weighted by molar-refractivity contribution is 0.353. The molecule has 14 heavy (non-hydrogen) atoms. The van der Waals surface area contributed by atoms with Gasteiger partial charge in [0.1, 0.15) is 0 Å². The minimum atomic E-state index is 0.659. The van der Waals surface area contributed by atoms with Gasteiger partial charge in [-0.05, 0) is 43.7 Å². The van der Waals surface area contributed by atoms with E-state index in [1.54, 1.807) is 0 Å². The number of nitrogens with one attached hydrogen (secondary N) is 2. The van der Waals surface area contributed by atoms with Crippen molar-refractivity contribution in [2.24, 2.45) is 5.92 Å². The first-order valence-corrected chi connectivity index (χ1v) is 6.54. The molecule has 0 aliphatic carbocycles. The number of thioether (sulfide) groups is 1. The molecular formula is C11H22N2S. The van der Waals surface area contributed by atoms with Gasteiger partial charge in [-0.2, -0.15) is 0 Å². The Morgan fingerprint density at radius 2 is 1.93 bits per heavy atom. The van der Waals surface area contributed by atoms with Crippen LogP contribution < -0.4 is 10.6 Å². The third kappa shape index (κ3) is 3.21. The zero-order valence-electron chi connectivity index (χ0n) is 9.47. The van der Waals surface area contributed by atoms with E-state index in [1.807, 2.05) is 25.6 Å². The Morgan fingerprint density at radius 1 is 1.29 bits per heavy atom. The zero-order valence-corrected chi connectivity index (χ0v) is 10.3. The van der Waals surface area contributed by atoms with Gasteiger partial charge in [-0.15, -0.1) is 11.8 Å². The molecule has 3 heteroatoms. The summed E-state index contributed by atoms with van der Waals surface area (Å²) in [5.41, 5.74) is 0. The molecule has 2 aliphatic rings. The average molecular weight is 214 g/mol. The Bertz CT molecular complexity index is 186. The molecule has 0 saturated carbocycles. The molecule has 0 aromatic rings. The second kappa shape index (κ2) is 6.36. The molecule has 0 aromatic heterocycles. The number of hydrogen-bond acceptors (Lipinski definition) is 3. The SMILES string of the molecule is CC.CC1=CNC(C2CCNCC2)S1. The van der Waals surface area contributed by atoms with Crippen molar-refractivity contribution in [2.45, 2.75) is 39.0 Å². The molecule has 1 unspecified atom stereocenters. The van der Waals surface area contributed by atoms with Crippen LogP contribution in [0.5, 0.6) is 0 Å². The lowest BCUT2D eigenvalue weighted by Gasteiger charge is -2.27. The monoisotopic (exact) mass is 214 g/mol. The van der Waals surface area contributed by atoms with Crippen LogP contribution in [0.3, 0.4) is 0 Å². The fourth-order valence-corrected chi connectivity index (χ4v) is 2.98. The van der Waals surface area contributed by atoms with Gasteiger partial charge in [0.2, 0.25) is 0 Å². The van der Waals surface area contributed by atoms with Gasteiger partial charge in [0, 0.05) is 6.20 Å². The molecule has 0 amide bonds. The maximum absolute atomic E-state index is 3.45. The quantitative estimate of drug-likeness (QED) is 0.701. The molecule has 0 radical (unpaired) electrons. The van der Waals surface area contributed by atoms with Gasteiger partial charge in [0.05, 0.1) is 5.37 Å². The molecule has 1 saturated heterocycles. The first-order chi connectivity index (χ1) is 6.86. The molecule has 1 fully saturated rings. The van der Waals surface area contributed by atoms with Crippen molar-refractivity contribution >= 4 is 11.8 Å². The fourth-order valence-electron chi connectivity index (χ4n) is 1.85. The first-order valence-electron chi connectivity index (χ1n) is 5.66. The molecule has 2 aliphatic heterocycles. The lowest BCUT2D eigenvalue weighted by Crippen LogP contribution is -2.36. The molecule has 82 valence electrons. The first kappa shape index (κ1) is 11.9. The number of piperidine rings is 1. The lowest BCUT2D eigenvalue weighted by atomic mass is 9.98. The topological polar surface area (TPSA) is 24.1 Å². The van der Waals surface area contributed by atoms with E-state index in [0.717, 1.165) is 5.92 Å². The van der Waals surface area contributed by atoms with Crippen molar-refractivity contribution < 1.29 is 0 Å². The number of allylic oxidation sites excluding steroid dienone is 1. The van der Waals surface area contributed by atoms with Crippen molar-refractivity contribution in [3.8, 4) is 0 Å². The highest BCUT2D eigenvalue weighted by molar-refractivity contribution is 8.03. The third-order valence-electron chi connectivity index (χ3n) is 2.58. The van der Waals surface area contributed by atoms with Crippen molar-refractivity contribution in [2.75, 3.05) is 13.1 Å². The largest absolute Gasteiger partial charge is 0.378 e. The summed E-state index contributed by atoms with van der Waals surface area (Å²) in [4.78, 5) is 1.43. The van der Waals surface area contributed by atoms with Crippen LogP contribution in [0.2, 0.25) is 0 Å². The van der Waals surface area contributed by atoms with Gasteiger partial charge in [-0.25, -0.2) is 0 Å². The summed E-state index contributed by atoms with van der Waals surface area (Å²) in [5, 5.41) is 7.50. The smallest absolute Gasteiger partial charge is 0.0790 e. The average Bonchev–Trinajstić information content (AvgIpc) is 2.69. The summed E-state index contributed by atoms with van der Waals surface area (Å²) in [6, 6.07) is 0. The normalized spacial score (nSPS) is 27.4. The highest BCUT2D eigenvalue weighted by Gasteiger charge is 2.25. The van der Waals surface area contributed by atoms with E-state index in [2.05, 4.69) is 23.8 Å². The Balaban J connectivity index is 0.000000461. The van der Waals surface area contributed by atoms with E-state index < -0.39 is 0 Å². The Hall–Kier alpha value is -0.150. The van der Waals surface area contributed by atoms with Gasteiger partial charge in [-0.3, -0.25) is 0 Å². The molecule has 0 bridgehead atoms. The Kier molecular flexibility index (Phi) is 5.41. The molecule has 1 atom stereocenters. The van der Waals surface area contributed by atoms with E-state index in [-0.39, 0.29) is 0 Å². The second-order valence-electron chi connectivity index (χ2n) is 3.55. The van der Waals surface area contributed by atoms with Crippen LogP contribution in [0.15, 0.2) is 11.1 Å². The van der Waals surface area contributed by atoms with E-state index >= 15 is 0 Å². The van der Waals surface area contributed by atoms with Gasteiger partial charge in [0.15, 0.2) is 0 Å². The standard InChI is InChI=1S/C9H16N2S.C2H6/c1-7-6-11-9(12-7)8-2-4-10-5-3-8;1-2/h6,8-11H,2-5H2,1H3;1-2H3. The van der Waals surface area contributed by atoms with Crippen molar-refractivity contribution in [1.82, 2.24) is 10.6 Å². The minimum absolute atomic E-state index is 0.659. The van der Waals surface area contributed by atoms with Gasteiger partial charge < -0.3 is 10.6 Å². The minimum Gasteiger partial charge on any atom is -0.378 e. The maximum Gasteiger partial charge on any atom is 0.0790 e. The molecule has 2 rings (SSSR count).